The highest BCUT2D eigenvalue weighted by molar-refractivity contribution is 5.88. The van der Waals surface area contributed by atoms with Gasteiger partial charge in [-0.1, -0.05) is 5.16 Å². The third-order valence-corrected chi connectivity index (χ3v) is 2.81. The van der Waals surface area contributed by atoms with E-state index in [0.717, 1.165) is 0 Å². The minimum Gasteiger partial charge on any atom is -0.461 e. The first-order chi connectivity index (χ1) is 11.3. The highest BCUT2D eigenvalue weighted by atomic mass is 16.6. The van der Waals surface area contributed by atoms with E-state index in [2.05, 4.69) is 10.5 Å². The van der Waals surface area contributed by atoms with E-state index in [9.17, 15) is 9.59 Å². The highest BCUT2D eigenvalue weighted by Gasteiger charge is 2.17. The van der Waals surface area contributed by atoms with Gasteiger partial charge in [0.1, 0.15) is 5.60 Å². The van der Waals surface area contributed by atoms with Crippen molar-refractivity contribution in [1.29, 1.82) is 0 Å². The fourth-order valence-electron chi connectivity index (χ4n) is 1.85. The largest absolute Gasteiger partial charge is 0.461 e. The maximum Gasteiger partial charge on any atom is 0.412 e. The van der Waals surface area contributed by atoms with E-state index in [-0.39, 0.29) is 12.3 Å². The van der Waals surface area contributed by atoms with E-state index in [1.54, 1.807) is 52.0 Å². The summed E-state index contributed by atoms with van der Waals surface area (Å²) in [5.74, 6) is -0.0995. The van der Waals surface area contributed by atoms with Crippen molar-refractivity contribution in [3.63, 3.8) is 0 Å². The molecule has 0 spiro atoms. The zero-order valence-corrected chi connectivity index (χ0v) is 14.1. The average Bonchev–Trinajstić information content (AvgIpc) is 2.96. The summed E-state index contributed by atoms with van der Waals surface area (Å²) in [6.07, 6.45) is -0.528. The van der Waals surface area contributed by atoms with Crippen LogP contribution in [0.25, 0.3) is 11.3 Å². The topological polar surface area (TPSA) is 90.7 Å². The normalized spacial score (nSPS) is 11.0. The number of nitrogens with zero attached hydrogens (tertiary/aromatic N) is 1. The summed E-state index contributed by atoms with van der Waals surface area (Å²) in [6, 6.07) is 8.39. The molecule has 0 atom stereocenters. The number of amides is 1. The Kier molecular flexibility index (Phi) is 5.23. The van der Waals surface area contributed by atoms with Crippen molar-refractivity contribution < 1.29 is 23.6 Å². The van der Waals surface area contributed by atoms with Crippen molar-refractivity contribution >= 4 is 17.7 Å². The summed E-state index contributed by atoms with van der Waals surface area (Å²) >= 11 is 0. The van der Waals surface area contributed by atoms with Gasteiger partial charge in [0.25, 0.3) is 0 Å². The number of anilines is 1. The fraction of sp³-hybridized carbons (Fsp3) is 0.353. The lowest BCUT2D eigenvalue weighted by Gasteiger charge is -2.19. The van der Waals surface area contributed by atoms with E-state index in [1.165, 1.54) is 6.07 Å². The molecule has 0 saturated carbocycles. The Hall–Kier alpha value is -2.83. The first kappa shape index (κ1) is 17.5. The lowest BCUT2D eigenvalue weighted by Crippen LogP contribution is -2.27. The smallest absolute Gasteiger partial charge is 0.412 e. The lowest BCUT2D eigenvalue weighted by molar-refractivity contribution is 0.0514. The monoisotopic (exact) mass is 332 g/mol. The number of carbonyl (C=O) groups is 2. The molecule has 0 radical (unpaired) electrons. The van der Waals surface area contributed by atoms with Crippen LogP contribution in [0.1, 0.15) is 38.2 Å². The zero-order chi connectivity index (χ0) is 17.7. The Balaban J connectivity index is 2.04. The van der Waals surface area contributed by atoms with Gasteiger partial charge in [-0.3, -0.25) is 5.32 Å². The highest BCUT2D eigenvalue weighted by Crippen LogP contribution is 2.23. The van der Waals surface area contributed by atoms with Crippen LogP contribution in [-0.2, 0) is 9.47 Å². The Morgan fingerprint density at radius 3 is 2.46 bits per heavy atom. The van der Waals surface area contributed by atoms with Gasteiger partial charge < -0.3 is 14.0 Å². The second-order valence-corrected chi connectivity index (χ2v) is 6.00. The van der Waals surface area contributed by atoms with Gasteiger partial charge in [-0.05, 0) is 52.0 Å². The van der Waals surface area contributed by atoms with E-state index in [0.29, 0.717) is 17.0 Å². The van der Waals surface area contributed by atoms with Gasteiger partial charge in [0, 0.05) is 17.3 Å². The fourth-order valence-corrected chi connectivity index (χ4v) is 1.85. The number of aromatic nitrogens is 1. The molecule has 7 heteroatoms. The van der Waals surface area contributed by atoms with Crippen molar-refractivity contribution in [2.45, 2.75) is 33.3 Å². The van der Waals surface area contributed by atoms with E-state index >= 15 is 0 Å². The van der Waals surface area contributed by atoms with Gasteiger partial charge in [0.2, 0.25) is 0 Å². The predicted molar refractivity (Wildman–Crippen MR) is 87.8 cm³/mol. The van der Waals surface area contributed by atoms with Crippen LogP contribution < -0.4 is 5.32 Å². The Morgan fingerprint density at radius 2 is 1.88 bits per heavy atom. The second-order valence-electron chi connectivity index (χ2n) is 6.00. The van der Waals surface area contributed by atoms with Crippen LogP contribution in [0.3, 0.4) is 0 Å². The molecule has 1 aromatic heterocycles. The minimum atomic E-state index is -0.562. The summed E-state index contributed by atoms with van der Waals surface area (Å²) < 4.78 is 15.2. The lowest BCUT2D eigenvalue weighted by atomic mass is 10.1. The van der Waals surface area contributed by atoms with Crippen molar-refractivity contribution in [2.24, 2.45) is 0 Å². The third kappa shape index (κ3) is 4.84. The predicted octanol–water partition coefficient (Wildman–Crippen LogP) is 3.87. The molecule has 0 saturated heterocycles. The molecule has 1 aromatic carbocycles. The summed E-state index contributed by atoms with van der Waals surface area (Å²) in [5, 5.41) is 6.32. The van der Waals surface area contributed by atoms with Crippen LogP contribution in [0.2, 0.25) is 0 Å². The molecule has 0 bridgehead atoms. The molecule has 0 aliphatic carbocycles. The summed E-state index contributed by atoms with van der Waals surface area (Å²) in [7, 11) is 0. The van der Waals surface area contributed by atoms with Crippen LogP contribution in [-0.4, -0.2) is 29.4 Å². The number of nitrogens with one attached hydrogen (secondary N) is 1. The van der Waals surface area contributed by atoms with E-state index in [4.69, 9.17) is 14.0 Å². The van der Waals surface area contributed by atoms with Crippen molar-refractivity contribution in [3.05, 3.63) is 36.0 Å². The third-order valence-electron chi connectivity index (χ3n) is 2.81. The van der Waals surface area contributed by atoms with Crippen LogP contribution in [0.15, 0.2) is 34.9 Å². The Labute approximate surface area is 139 Å². The first-order valence-corrected chi connectivity index (χ1v) is 7.53. The number of ether oxygens (including phenoxy) is 2. The van der Waals surface area contributed by atoms with Crippen LogP contribution >= 0.6 is 0 Å². The molecule has 7 nitrogen and oxygen atoms in total. The number of hydrogen-bond acceptors (Lipinski definition) is 6. The minimum absolute atomic E-state index is 0.114. The molecule has 0 fully saturated rings. The quantitative estimate of drug-likeness (QED) is 0.855. The second kappa shape index (κ2) is 7.16. The van der Waals surface area contributed by atoms with Gasteiger partial charge in [-0.25, -0.2) is 9.59 Å². The van der Waals surface area contributed by atoms with Crippen molar-refractivity contribution in [1.82, 2.24) is 5.16 Å². The molecule has 0 aliphatic rings. The van der Waals surface area contributed by atoms with Crippen LogP contribution in [0.5, 0.6) is 0 Å². The Bertz CT molecular complexity index is 713. The van der Waals surface area contributed by atoms with Crippen LogP contribution in [0, 0.1) is 0 Å². The van der Waals surface area contributed by atoms with Gasteiger partial charge in [-0.2, -0.15) is 0 Å². The van der Waals surface area contributed by atoms with E-state index < -0.39 is 17.7 Å². The molecule has 1 heterocycles. The molecule has 24 heavy (non-hydrogen) atoms. The van der Waals surface area contributed by atoms with Crippen LogP contribution in [0.4, 0.5) is 10.5 Å². The zero-order valence-electron chi connectivity index (χ0n) is 14.1. The summed E-state index contributed by atoms with van der Waals surface area (Å²) in [5.41, 5.74) is 0.849. The molecule has 1 N–H and O–H groups in total. The molecular formula is C17H20N2O5. The summed E-state index contributed by atoms with van der Waals surface area (Å²) in [6.45, 7) is 7.36. The summed E-state index contributed by atoms with van der Waals surface area (Å²) in [4.78, 5) is 23.3. The first-order valence-electron chi connectivity index (χ1n) is 7.53. The average molecular weight is 332 g/mol. The number of esters is 1. The maximum absolute atomic E-state index is 11.7. The van der Waals surface area contributed by atoms with Gasteiger partial charge in [0.15, 0.2) is 11.5 Å². The number of benzene rings is 1. The van der Waals surface area contributed by atoms with Crippen molar-refractivity contribution in [3.8, 4) is 11.3 Å². The molecule has 0 aliphatic heterocycles. The maximum atomic E-state index is 11.7. The molecule has 0 unspecified atom stereocenters. The van der Waals surface area contributed by atoms with Gasteiger partial charge >= 0.3 is 12.1 Å². The molecule has 1 amide bonds. The number of rotatable bonds is 4. The molecule has 128 valence electrons. The van der Waals surface area contributed by atoms with E-state index in [1.807, 2.05) is 0 Å². The molecule has 2 aromatic rings. The van der Waals surface area contributed by atoms with Crippen molar-refractivity contribution in [2.75, 3.05) is 11.9 Å². The number of carbonyl (C=O) groups excluding carboxylic acids is 2. The van der Waals surface area contributed by atoms with Gasteiger partial charge in [0.05, 0.1) is 6.61 Å². The Morgan fingerprint density at radius 1 is 1.21 bits per heavy atom. The molecule has 2 rings (SSSR count). The standard InChI is InChI=1S/C17H20N2O5/c1-5-22-15(20)13-10-14(24-19-13)11-6-8-12(9-7-11)18-16(21)23-17(2,3)4/h6-10H,5H2,1-4H3,(H,18,21). The van der Waals surface area contributed by atoms with Gasteiger partial charge in [-0.15, -0.1) is 0 Å². The number of hydrogen-bond donors (Lipinski definition) is 1. The SMILES string of the molecule is CCOC(=O)c1cc(-c2ccc(NC(=O)OC(C)(C)C)cc2)on1. The molecular weight excluding hydrogens is 312 g/mol.